The van der Waals surface area contributed by atoms with Crippen molar-refractivity contribution in [1.29, 1.82) is 0 Å². The zero-order chi connectivity index (χ0) is 13.7. The van der Waals surface area contributed by atoms with Gasteiger partial charge in [0.25, 0.3) is 0 Å². The molecular formula is C16H25NO2. The van der Waals surface area contributed by atoms with E-state index in [-0.39, 0.29) is 6.10 Å². The third-order valence-electron chi connectivity index (χ3n) is 3.27. The molecule has 106 valence electrons. The lowest BCUT2D eigenvalue weighted by Crippen LogP contribution is -2.26. The maximum Gasteiger partial charge on any atom is 0.119 e. The van der Waals surface area contributed by atoms with Crippen molar-refractivity contribution in [2.75, 3.05) is 20.3 Å². The molecule has 1 unspecified atom stereocenters. The fourth-order valence-corrected chi connectivity index (χ4v) is 1.98. The van der Waals surface area contributed by atoms with E-state index in [2.05, 4.69) is 31.3 Å². The minimum atomic E-state index is 0.109. The van der Waals surface area contributed by atoms with Crippen LogP contribution < -0.4 is 10.1 Å². The Morgan fingerprint density at radius 2 is 2.11 bits per heavy atom. The molecule has 0 amide bonds. The van der Waals surface area contributed by atoms with Gasteiger partial charge in [0.2, 0.25) is 0 Å². The van der Waals surface area contributed by atoms with E-state index >= 15 is 0 Å². The fourth-order valence-electron chi connectivity index (χ4n) is 1.98. The molecule has 2 rings (SSSR count). The predicted octanol–water partition coefficient (Wildman–Crippen LogP) is 3.16. The maximum atomic E-state index is 6.05. The van der Waals surface area contributed by atoms with Gasteiger partial charge in [0.1, 0.15) is 5.75 Å². The van der Waals surface area contributed by atoms with Crippen molar-refractivity contribution in [3.63, 3.8) is 0 Å². The molecular weight excluding hydrogens is 238 g/mol. The molecule has 1 aromatic rings. The predicted molar refractivity (Wildman–Crippen MR) is 77.5 cm³/mol. The van der Waals surface area contributed by atoms with Crippen LogP contribution >= 0.6 is 0 Å². The van der Waals surface area contributed by atoms with Crippen LogP contribution in [0.1, 0.15) is 38.4 Å². The highest BCUT2D eigenvalue weighted by Gasteiger charge is 2.23. The van der Waals surface area contributed by atoms with E-state index in [1.807, 2.05) is 12.1 Å². The highest BCUT2D eigenvalue weighted by Crippen LogP contribution is 2.24. The van der Waals surface area contributed by atoms with E-state index in [1.54, 1.807) is 7.11 Å². The van der Waals surface area contributed by atoms with Crippen molar-refractivity contribution in [2.24, 2.45) is 5.92 Å². The van der Waals surface area contributed by atoms with E-state index in [9.17, 15) is 0 Å². The zero-order valence-electron chi connectivity index (χ0n) is 12.2. The summed E-state index contributed by atoms with van der Waals surface area (Å²) < 4.78 is 11.3. The summed E-state index contributed by atoms with van der Waals surface area (Å²) in [5, 5.41) is 3.55. The van der Waals surface area contributed by atoms with Gasteiger partial charge in [-0.2, -0.15) is 0 Å². The molecule has 0 saturated heterocycles. The van der Waals surface area contributed by atoms with Crippen LogP contribution in [0.15, 0.2) is 24.3 Å². The topological polar surface area (TPSA) is 30.5 Å². The molecule has 0 aromatic heterocycles. The Kier molecular flexibility index (Phi) is 5.23. The summed E-state index contributed by atoms with van der Waals surface area (Å²) in [6.45, 7) is 6.02. The summed E-state index contributed by atoms with van der Waals surface area (Å²) in [4.78, 5) is 0. The van der Waals surface area contributed by atoms with Crippen LogP contribution in [0.2, 0.25) is 0 Å². The van der Waals surface area contributed by atoms with E-state index in [0.29, 0.717) is 12.0 Å². The molecule has 0 radical (unpaired) electrons. The molecule has 1 aliphatic carbocycles. The summed E-state index contributed by atoms with van der Waals surface area (Å²) in [6, 6.07) is 8.88. The summed E-state index contributed by atoms with van der Waals surface area (Å²) in [5.74, 6) is 1.44. The SMILES string of the molecule is COc1cccc(C(CNC2CC2)OCC(C)C)c1. The number of hydrogen-bond acceptors (Lipinski definition) is 3. The molecule has 1 saturated carbocycles. The highest BCUT2D eigenvalue weighted by molar-refractivity contribution is 5.30. The monoisotopic (exact) mass is 263 g/mol. The molecule has 0 heterocycles. The van der Waals surface area contributed by atoms with Crippen LogP contribution in [0, 0.1) is 5.92 Å². The molecule has 1 atom stereocenters. The molecule has 1 N–H and O–H groups in total. The smallest absolute Gasteiger partial charge is 0.119 e. The molecule has 0 spiro atoms. The Balaban J connectivity index is 1.99. The lowest BCUT2D eigenvalue weighted by molar-refractivity contribution is 0.0348. The lowest BCUT2D eigenvalue weighted by Gasteiger charge is -2.20. The summed E-state index contributed by atoms with van der Waals surface area (Å²) in [6.07, 6.45) is 2.71. The summed E-state index contributed by atoms with van der Waals surface area (Å²) in [7, 11) is 1.70. The largest absolute Gasteiger partial charge is 0.497 e. The van der Waals surface area contributed by atoms with Gasteiger partial charge in [-0.15, -0.1) is 0 Å². The Hall–Kier alpha value is -1.06. The number of ether oxygens (including phenoxy) is 2. The zero-order valence-corrected chi connectivity index (χ0v) is 12.2. The fraction of sp³-hybridized carbons (Fsp3) is 0.625. The van der Waals surface area contributed by atoms with Gasteiger partial charge in [-0.3, -0.25) is 0 Å². The van der Waals surface area contributed by atoms with Crippen molar-refractivity contribution in [3.8, 4) is 5.75 Å². The van der Waals surface area contributed by atoms with Gasteiger partial charge < -0.3 is 14.8 Å². The van der Waals surface area contributed by atoms with Crippen molar-refractivity contribution in [2.45, 2.75) is 38.8 Å². The lowest BCUT2D eigenvalue weighted by atomic mass is 10.1. The van der Waals surface area contributed by atoms with Gasteiger partial charge in [-0.25, -0.2) is 0 Å². The average Bonchev–Trinajstić information content (AvgIpc) is 3.22. The minimum absolute atomic E-state index is 0.109. The van der Waals surface area contributed by atoms with Crippen molar-refractivity contribution in [1.82, 2.24) is 5.32 Å². The van der Waals surface area contributed by atoms with Crippen LogP contribution in [-0.2, 0) is 4.74 Å². The van der Waals surface area contributed by atoms with Crippen molar-refractivity contribution in [3.05, 3.63) is 29.8 Å². The van der Waals surface area contributed by atoms with Gasteiger partial charge in [0.05, 0.1) is 13.2 Å². The van der Waals surface area contributed by atoms with E-state index < -0.39 is 0 Å². The van der Waals surface area contributed by atoms with Gasteiger partial charge in [-0.05, 0) is 36.5 Å². The third-order valence-corrected chi connectivity index (χ3v) is 3.27. The van der Waals surface area contributed by atoms with Crippen LogP contribution in [0.3, 0.4) is 0 Å². The summed E-state index contributed by atoms with van der Waals surface area (Å²) in [5.41, 5.74) is 1.19. The molecule has 0 aliphatic heterocycles. The second-order valence-corrected chi connectivity index (χ2v) is 5.67. The van der Waals surface area contributed by atoms with Crippen molar-refractivity contribution >= 4 is 0 Å². The van der Waals surface area contributed by atoms with Crippen LogP contribution in [0.5, 0.6) is 5.75 Å². The standard InChI is InChI=1S/C16H25NO2/c1-12(2)11-19-16(10-17-14-7-8-14)13-5-4-6-15(9-13)18-3/h4-6,9,12,14,16-17H,7-8,10-11H2,1-3H3. The van der Waals surface area contributed by atoms with Gasteiger partial charge in [0, 0.05) is 19.2 Å². The molecule has 0 bridgehead atoms. The normalized spacial score (nSPS) is 16.6. The van der Waals surface area contributed by atoms with E-state index in [0.717, 1.165) is 18.9 Å². The quantitative estimate of drug-likeness (QED) is 0.781. The van der Waals surface area contributed by atoms with Gasteiger partial charge >= 0.3 is 0 Å². The van der Waals surface area contributed by atoms with E-state index in [4.69, 9.17) is 9.47 Å². The molecule has 1 aliphatic rings. The Labute approximate surface area is 116 Å². The number of rotatable bonds is 8. The maximum absolute atomic E-state index is 6.05. The van der Waals surface area contributed by atoms with Crippen LogP contribution in [0.25, 0.3) is 0 Å². The van der Waals surface area contributed by atoms with E-state index in [1.165, 1.54) is 18.4 Å². The third kappa shape index (κ3) is 4.84. The second-order valence-electron chi connectivity index (χ2n) is 5.67. The first kappa shape index (κ1) is 14.4. The Bertz CT molecular complexity index is 382. The molecule has 1 fully saturated rings. The van der Waals surface area contributed by atoms with Crippen LogP contribution in [0.4, 0.5) is 0 Å². The highest BCUT2D eigenvalue weighted by atomic mass is 16.5. The summed E-state index contributed by atoms with van der Waals surface area (Å²) >= 11 is 0. The number of hydrogen-bond donors (Lipinski definition) is 1. The Morgan fingerprint density at radius 1 is 1.32 bits per heavy atom. The first-order valence-electron chi connectivity index (χ1n) is 7.18. The molecule has 3 heteroatoms. The minimum Gasteiger partial charge on any atom is -0.497 e. The number of nitrogens with one attached hydrogen (secondary N) is 1. The van der Waals surface area contributed by atoms with Gasteiger partial charge in [0.15, 0.2) is 0 Å². The Morgan fingerprint density at radius 3 is 2.74 bits per heavy atom. The molecule has 3 nitrogen and oxygen atoms in total. The van der Waals surface area contributed by atoms with Crippen molar-refractivity contribution < 1.29 is 9.47 Å². The average molecular weight is 263 g/mol. The number of benzene rings is 1. The second kappa shape index (κ2) is 6.92. The molecule has 1 aromatic carbocycles. The first-order valence-corrected chi connectivity index (χ1v) is 7.18. The van der Waals surface area contributed by atoms with Gasteiger partial charge in [-0.1, -0.05) is 26.0 Å². The van der Waals surface area contributed by atoms with Crippen LogP contribution in [-0.4, -0.2) is 26.3 Å². The molecule has 19 heavy (non-hydrogen) atoms. The first-order chi connectivity index (χ1) is 9.19. The number of methoxy groups -OCH3 is 1.